The summed E-state index contributed by atoms with van der Waals surface area (Å²) >= 11 is 0. The van der Waals surface area contributed by atoms with Crippen molar-refractivity contribution in [1.29, 1.82) is 0 Å². The largest absolute Gasteiger partial charge is 0.498 e. The molecule has 0 amide bonds. The second kappa shape index (κ2) is 11.0. The van der Waals surface area contributed by atoms with E-state index in [2.05, 4.69) is 81.8 Å². The fourth-order valence-electron chi connectivity index (χ4n) is 11.5. The Bertz CT molecular complexity index is 2040. The summed E-state index contributed by atoms with van der Waals surface area (Å²) in [6, 6.07) is 17.5. The molecule has 2 aromatic carbocycles. The number of methoxy groups -OCH3 is 2. The van der Waals surface area contributed by atoms with E-state index in [1.54, 1.807) is 0 Å². The van der Waals surface area contributed by atoms with Crippen molar-refractivity contribution in [3.05, 3.63) is 100 Å². The Morgan fingerprint density at radius 2 is 1.80 bits per heavy atom. The standard InChI is InChI=1S/C41H44N4O5/c1-22-18-33(34-25-13-15-44-17-14-41(38(34)44)29-9-5-7-11-31(29)43-37(41)35(25)40(47)49-3)50-21-28(22)26-19-32-36-24(23-8-4-6-10-30(23)42-36)12-16-45(32)20-27(26)39(46)48-2/h4-11,20-22,25-26,32-34,38,42-43H,12-19H2,1-3H3. The van der Waals surface area contributed by atoms with Gasteiger partial charge in [0.05, 0.1) is 43.1 Å². The molecule has 1 aliphatic carbocycles. The van der Waals surface area contributed by atoms with Crippen molar-refractivity contribution >= 4 is 28.5 Å². The van der Waals surface area contributed by atoms with Gasteiger partial charge < -0.3 is 29.4 Å². The molecular weight excluding hydrogens is 628 g/mol. The van der Waals surface area contributed by atoms with Crippen LogP contribution in [0.1, 0.15) is 55.5 Å². The van der Waals surface area contributed by atoms with Crippen LogP contribution in [0.25, 0.3) is 10.9 Å². The molecule has 7 aliphatic rings. The van der Waals surface area contributed by atoms with Gasteiger partial charge in [-0.15, -0.1) is 0 Å². The van der Waals surface area contributed by atoms with Crippen LogP contribution in [-0.2, 0) is 35.6 Å². The summed E-state index contributed by atoms with van der Waals surface area (Å²) in [6.45, 7) is 5.11. The monoisotopic (exact) mass is 672 g/mol. The SMILES string of the molecule is COC(=O)C1=CN2CCc3c([nH]c4ccccc34)C2CC1C1=COC(C2C3CCN4CCC5(C(=C3C(=O)OC)Nc3ccccc35)C24)CC1C. The minimum atomic E-state index is -0.288. The molecule has 9 nitrogen and oxygen atoms in total. The van der Waals surface area contributed by atoms with Crippen molar-refractivity contribution in [1.82, 2.24) is 14.8 Å². The van der Waals surface area contributed by atoms with Gasteiger partial charge in [-0.3, -0.25) is 4.90 Å². The van der Waals surface area contributed by atoms with E-state index in [-0.39, 0.29) is 59.2 Å². The van der Waals surface area contributed by atoms with Gasteiger partial charge in [-0.2, -0.15) is 0 Å². The highest BCUT2D eigenvalue weighted by molar-refractivity contribution is 5.94. The molecule has 10 rings (SSSR count). The molecule has 2 saturated heterocycles. The van der Waals surface area contributed by atoms with Crippen LogP contribution in [0.15, 0.2) is 83.4 Å². The Morgan fingerprint density at radius 3 is 2.64 bits per heavy atom. The number of carbonyl (C=O) groups excluding carboxylic acids is 2. The molecule has 8 atom stereocenters. The molecule has 50 heavy (non-hydrogen) atoms. The smallest absolute Gasteiger partial charge is 0.335 e. The number of anilines is 1. The summed E-state index contributed by atoms with van der Waals surface area (Å²) in [6.07, 6.45) is 8.38. The molecule has 1 aromatic heterocycles. The number of benzene rings is 2. The number of piperidine rings is 1. The maximum atomic E-state index is 13.7. The summed E-state index contributed by atoms with van der Waals surface area (Å²) < 4.78 is 17.8. The number of H-pyrrole nitrogens is 1. The number of esters is 2. The highest BCUT2D eigenvalue weighted by atomic mass is 16.5. The summed E-state index contributed by atoms with van der Waals surface area (Å²) in [4.78, 5) is 35.9. The van der Waals surface area contributed by atoms with Gasteiger partial charge >= 0.3 is 11.9 Å². The lowest BCUT2D eigenvalue weighted by molar-refractivity contribution is -0.139. The van der Waals surface area contributed by atoms with Crippen LogP contribution < -0.4 is 5.32 Å². The van der Waals surface area contributed by atoms with Crippen molar-refractivity contribution in [3.63, 3.8) is 0 Å². The summed E-state index contributed by atoms with van der Waals surface area (Å²) in [5.41, 5.74) is 9.65. The highest BCUT2D eigenvalue weighted by Gasteiger charge is 2.66. The number of aromatic nitrogens is 1. The second-order valence-electron chi connectivity index (χ2n) is 15.5. The molecule has 6 aliphatic heterocycles. The van der Waals surface area contributed by atoms with E-state index < -0.39 is 0 Å². The molecule has 7 heterocycles. The zero-order valence-corrected chi connectivity index (χ0v) is 28.9. The zero-order chi connectivity index (χ0) is 33.9. The van der Waals surface area contributed by atoms with Crippen molar-refractivity contribution in [2.75, 3.05) is 39.2 Å². The fraction of sp³-hybridized carbons (Fsp3) is 0.463. The predicted molar refractivity (Wildman–Crippen MR) is 189 cm³/mol. The van der Waals surface area contributed by atoms with Gasteiger partial charge in [0.1, 0.15) is 6.10 Å². The van der Waals surface area contributed by atoms with Gasteiger partial charge in [-0.05, 0) is 79.9 Å². The van der Waals surface area contributed by atoms with Gasteiger partial charge in [-0.25, -0.2) is 9.59 Å². The lowest BCUT2D eigenvalue weighted by Gasteiger charge is -2.55. The van der Waals surface area contributed by atoms with Gasteiger partial charge in [0.15, 0.2) is 0 Å². The second-order valence-corrected chi connectivity index (χ2v) is 15.5. The number of fused-ring (bicyclic) bond motifs is 7. The first-order valence-electron chi connectivity index (χ1n) is 18.4. The van der Waals surface area contributed by atoms with Gasteiger partial charge in [0.2, 0.25) is 0 Å². The number of hydrogen-bond acceptors (Lipinski definition) is 8. The normalized spacial score (nSPS) is 33.7. The number of hydrogen-bond donors (Lipinski definition) is 2. The van der Waals surface area contributed by atoms with Crippen LogP contribution >= 0.6 is 0 Å². The van der Waals surface area contributed by atoms with Crippen molar-refractivity contribution in [2.24, 2.45) is 23.7 Å². The number of carbonyl (C=O) groups is 2. The number of rotatable bonds is 4. The average molecular weight is 673 g/mol. The Hall–Kier alpha value is -4.50. The summed E-state index contributed by atoms with van der Waals surface area (Å²) in [7, 11) is 2.98. The molecular formula is C41H44N4O5. The number of nitrogens with one attached hydrogen (secondary N) is 2. The van der Waals surface area contributed by atoms with Crippen LogP contribution in [0.3, 0.4) is 0 Å². The molecule has 1 spiro atoms. The van der Waals surface area contributed by atoms with Gasteiger partial charge in [0, 0.05) is 64.5 Å². The highest BCUT2D eigenvalue weighted by Crippen LogP contribution is 2.63. The van der Waals surface area contributed by atoms with Crippen molar-refractivity contribution in [2.45, 2.75) is 62.6 Å². The van der Waals surface area contributed by atoms with E-state index in [1.807, 2.05) is 6.26 Å². The van der Waals surface area contributed by atoms with E-state index in [0.717, 1.165) is 74.3 Å². The maximum absolute atomic E-state index is 13.7. The molecule has 2 bridgehead atoms. The Morgan fingerprint density at radius 1 is 0.980 bits per heavy atom. The van der Waals surface area contributed by atoms with Crippen LogP contribution in [-0.4, -0.2) is 72.7 Å². The minimum Gasteiger partial charge on any atom is -0.498 e. The number of ether oxygens (including phenoxy) is 3. The Kier molecular flexibility index (Phi) is 6.67. The number of allylic oxidation sites excluding steroid dienone is 1. The van der Waals surface area contributed by atoms with Crippen LogP contribution in [0.5, 0.6) is 0 Å². The minimum absolute atomic E-state index is 0.0373. The molecule has 2 N–H and O–H groups in total. The zero-order valence-electron chi connectivity index (χ0n) is 28.9. The van der Waals surface area contributed by atoms with Crippen LogP contribution in [0, 0.1) is 23.7 Å². The first kappa shape index (κ1) is 30.3. The lowest BCUT2D eigenvalue weighted by atomic mass is 9.56. The molecule has 9 heteroatoms. The van der Waals surface area contributed by atoms with E-state index in [0.29, 0.717) is 5.57 Å². The number of nitrogens with zero attached hydrogens (tertiary/aromatic N) is 2. The third-order valence-corrected chi connectivity index (χ3v) is 13.5. The third kappa shape index (κ3) is 3.98. The molecule has 3 aromatic rings. The van der Waals surface area contributed by atoms with E-state index >= 15 is 0 Å². The molecule has 8 unspecified atom stereocenters. The Balaban J connectivity index is 1.02. The maximum Gasteiger partial charge on any atom is 0.335 e. The van der Waals surface area contributed by atoms with Crippen molar-refractivity contribution in [3.8, 4) is 0 Å². The molecule has 0 radical (unpaired) electrons. The van der Waals surface area contributed by atoms with E-state index in [9.17, 15) is 9.59 Å². The van der Waals surface area contributed by atoms with Crippen LogP contribution in [0.4, 0.5) is 5.69 Å². The molecule has 2 fully saturated rings. The summed E-state index contributed by atoms with van der Waals surface area (Å²) in [5.74, 6) is -0.279. The van der Waals surface area contributed by atoms with Crippen molar-refractivity contribution < 1.29 is 23.8 Å². The number of para-hydroxylation sites is 2. The fourth-order valence-corrected chi connectivity index (χ4v) is 11.5. The predicted octanol–water partition coefficient (Wildman–Crippen LogP) is 5.97. The van der Waals surface area contributed by atoms with E-state index in [4.69, 9.17) is 14.2 Å². The number of aromatic amines is 1. The quantitative estimate of drug-likeness (QED) is 0.328. The topological polar surface area (TPSA) is 96.1 Å². The molecule has 258 valence electrons. The Labute approximate surface area is 292 Å². The first-order valence-corrected chi connectivity index (χ1v) is 18.4. The lowest BCUT2D eigenvalue weighted by Crippen LogP contribution is -2.61. The average Bonchev–Trinajstić information content (AvgIpc) is 3.84. The van der Waals surface area contributed by atoms with E-state index in [1.165, 1.54) is 41.9 Å². The van der Waals surface area contributed by atoms with Gasteiger partial charge in [-0.1, -0.05) is 43.3 Å². The van der Waals surface area contributed by atoms with Crippen LogP contribution in [0.2, 0.25) is 0 Å². The first-order chi connectivity index (χ1) is 24.4. The molecule has 0 saturated carbocycles. The summed E-state index contributed by atoms with van der Waals surface area (Å²) in [5, 5.41) is 5.03. The van der Waals surface area contributed by atoms with Gasteiger partial charge in [0.25, 0.3) is 0 Å². The third-order valence-electron chi connectivity index (χ3n) is 13.5.